The smallest absolute Gasteiger partial charge is 0.257 e. The lowest BCUT2D eigenvalue weighted by Gasteiger charge is -2.32. The standard InChI is InChI=1S/C25H32N2O5/c1-4-19-7-5-6-8-21(19)32-17-24(28)26-16-18-11-13-27(14-12-18)25(29)20-9-10-22(30-2)23(15-20)31-3/h5-10,15,18H,4,11-14,16-17H2,1-3H3,(H,26,28). The summed E-state index contributed by atoms with van der Waals surface area (Å²) in [6, 6.07) is 13.0. The van der Waals surface area contributed by atoms with Gasteiger partial charge in [0.2, 0.25) is 0 Å². The van der Waals surface area contributed by atoms with Crippen LogP contribution in [0.5, 0.6) is 17.2 Å². The van der Waals surface area contributed by atoms with Crippen molar-refractivity contribution in [1.82, 2.24) is 10.2 Å². The number of aryl methyl sites for hydroxylation is 1. The molecule has 0 atom stereocenters. The van der Waals surface area contributed by atoms with Crippen molar-refractivity contribution in [3.8, 4) is 17.2 Å². The minimum absolute atomic E-state index is 0.00759. The molecule has 0 bridgehead atoms. The van der Waals surface area contributed by atoms with E-state index in [2.05, 4.69) is 12.2 Å². The van der Waals surface area contributed by atoms with E-state index in [-0.39, 0.29) is 18.4 Å². The van der Waals surface area contributed by atoms with Gasteiger partial charge in [-0.2, -0.15) is 0 Å². The van der Waals surface area contributed by atoms with Crippen LogP contribution in [0, 0.1) is 5.92 Å². The summed E-state index contributed by atoms with van der Waals surface area (Å²) in [6.45, 7) is 3.98. The van der Waals surface area contributed by atoms with E-state index in [9.17, 15) is 9.59 Å². The summed E-state index contributed by atoms with van der Waals surface area (Å²) in [4.78, 5) is 26.9. The van der Waals surface area contributed by atoms with Crippen LogP contribution < -0.4 is 19.5 Å². The zero-order valence-electron chi connectivity index (χ0n) is 19.1. The van der Waals surface area contributed by atoms with Gasteiger partial charge in [0.25, 0.3) is 11.8 Å². The number of amides is 2. The Balaban J connectivity index is 1.43. The molecule has 1 heterocycles. The molecule has 0 aliphatic carbocycles. The maximum atomic E-state index is 12.9. The molecule has 1 aliphatic rings. The maximum absolute atomic E-state index is 12.9. The predicted molar refractivity (Wildman–Crippen MR) is 122 cm³/mol. The Morgan fingerprint density at radius 1 is 1.00 bits per heavy atom. The molecule has 1 fully saturated rings. The molecule has 0 spiro atoms. The first kappa shape index (κ1) is 23.4. The second kappa shape index (κ2) is 11.4. The van der Waals surface area contributed by atoms with Crippen LogP contribution >= 0.6 is 0 Å². The number of likely N-dealkylation sites (tertiary alicyclic amines) is 1. The van der Waals surface area contributed by atoms with Gasteiger partial charge >= 0.3 is 0 Å². The van der Waals surface area contributed by atoms with Gasteiger partial charge in [0.05, 0.1) is 14.2 Å². The fourth-order valence-electron chi connectivity index (χ4n) is 3.88. The number of piperidine rings is 1. The third-order valence-electron chi connectivity index (χ3n) is 5.83. The second-order valence-corrected chi connectivity index (χ2v) is 7.86. The molecular weight excluding hydrogens is 408 g/mol. The largest absolute Gasteiger partial charge is 0.493 e. The van der Waals surface area contributed by atoms with Crippen molar-refractivity contribution >= 4 is 11.8 Å². The third kappa shape index (κ3) is 5.93. The van der Waals surface area contributed by atoms with Crippen LogP contribution in [0.15, 0.2) is 42.5 Å². The van der Waals surface area contributed by atoms with Crippen LogP contribution in [0.2, 0.25) is 0 Å². The summed E-state index contributed by atoms with van der Waals surface area (Å²) in [5.41, 5.74) is 1.67. The highest BCUT2D eigenvalue weighted by molar-refractivity contribution is 5.95. The zero-order chi connectivity index (χ0) is 22.9. The van der Waals surface area contributed by atoms with Crippen LogP contribution in [-0.4, -0.2) is 57.2 Å². The number of hydrogen-bond acceptors (Lipinski definition) is 5. The number of carbonyl (C=O) groups excluding carboxylic acids is 2. The first-order valence-corrected chi connectivity index (χ1v) is 11.0. The van der Waals surface area contributed by atoms with E-state index in [1.54, 1.807) is 32.4 Å². The Labute approximate surface area is 189 Å². The number of nitrogens with one attached hydrogen (secondary N) is 1. The van der Waals surface area contributed by atoms with Gasteiger partial charge in [-0.3, -0.25) is 9.59 Å². The highest BCUT2D eigenvalue weighted by Gasteiger charge is 2.24. The van der Waals surface area contributed by atoms with E-state index in [1.807, 2.05) is 29.2 Å². The van der Waals surface area contributed by atoms with Crippen molar-refractivity contribution in [2.45, 2.75) is 26.2 Å². The molecule has 1 N–H and O–H groups in total. The van der Waals surface area contributed by atoms with Gasteiger partial charge in [0.1, 0.15) is 5.75 Å². The second-order valence-electron chi connectivity index (χ2n) is 7.86. The monoisotopic (exact) mass is 440 g/mol. The Morgan fingerprint density at radius 2 is 1.72 bits per heavy atom. The first-order chi connectivity index (χ1) is 15.5. The molecule has 0 radical (unpaired) electrons. The normalized spacial score (nSPS) is 14.0. The number of methoxy groups -OCH3 is 2. The summed E-state index contributed by atoms with van der Waals surface area (Å²) >= 11 is 0. The van der Waals surface area contributed by atoms with E-state index in [0.717, 1.165) is 30.6 Å². The molecule has 3 rings (SSSR count). The lowest BCUT2D eigenvalue weighted by atomic mass is 9.96. The fraction of sp³-hybridized carbons (Fsp3) is 0.440. The molecule has 32 heavy (non-hydrogen) atoms. The van der Waals surface area contributed by atoms with Gasteiger partial charge in [0.15, 0.2) is 18.1 Å². The molecular formula is C25H32N2O5. The van der Waals surface area contributed by atoms with E-state index < -0.39 is 0 Å². The van der Waals surface area contributed by atoms with Gasteiger partial charge in [-0.1, -0.05) is 25.1 Å². The maximum Gasteiger partial charge on any atom is 0.257 e. The van der Waals surface area contributed by atoms with E-state index >= 15 is 0 Å². The van der Waals surface area contributed by atoms with Crippen LogP contribution in [0.3, 0.4) is 0 Å². The number of rotatable bonds is 9. The van der Waals surface area contributed by atoms with Crippen molar-refractivity contribution in [3.05, 3.63) is 53.6 Å². The van der Waals surface area contributed by atoms with Gasteiger partial charge in [-0.25, -0.2) is 0 Å². The number of benzene rings is 2. The van der Waals surface area contributed by atoms with Crippen LogP contribution in [-0.2, 0) is 11.2 Å². The predicted octanol–water partition coefficient (Wildman–Crippen LogP) is 3.31. The molecule has 1 saturated heterocycles. The molecule has 2 aromatic rings. The van der Waals surface area contributed by atoms with Gasteiger partial charge in [-0.15, -0.1) is 0 Å². The lowest BCUT2D eigenvalue weighted by Crippen LogP contribution is -2.42. The molecule has 172 valence electrons. The molecule has 7 nitrogen and oxygen atoms in total. The number of carbonyl (C=O) groups is 2. The highest BCUT2D eigenvalue weighted by Crippen LogP contribution is 2.28. The summed E-state index contributed by atoms with van der Waals surface area (Å²) in [7, 11) is 3.12. The average molecular weight is 441 g/mol. The Hall–Kier alpha value is -3.22. The number of nitrogens with zero attached hydrogens (tertiary/aromatic N) is 1. The number of para-hydroxylation sites is 1. The third-order valence-corrected chi connectivity index (χ3v) is 5.83. The van der Waals surface area contributed by atoms with Crippen molar-refractivity contribution in [1.29, 1.82) is 0 Å². The van der Waals surface area contributed by atoms with Gasteiger partial charge < -0.3 is 24.4 Å². The summed E-state index contributed by atoms with van der Waals surface area (Å²) in [5.74, 6) is 2.10. The lowest BCUT2D eigenvalue weighted by molar-refractivity contribution is -0.123. The topological polar surface area (TPSA) is 77.1 Å². The Bertz CT molecular complexity index is 922. The average Bonchev–Trinajstić information content (AvgIpc) is 2.85. The molecule has 0 unspecified atom stereocenters. The fourth-order valence-corrected chi connectivity index (χ4v) is 3.88. The van der Waals surface area contributed by atoms with E-state index in [0.29, 0.717) is 42.6 Å². The number of ether oxygens (including phenoxy) is 3. The molecule has 2 amide bonds. The van der Waals surface area contributed by atoms with Crippen molar-refractivity contribution in [3.63, 3.8) is 0 Å². The molecule has 0 saturated carbocycles. The van der Waals surface area contributed by atoms with Crippen molar-refractivity contribution in [2.24, 2.45) is 5.92 Å². The van der Waals surface area contributed by atoms with E-state index in [4.69, 9.17) is 14.2 Å². The number of hydrogen-bond donors (Lipinski definition) is 1. The molecule has 0 aromatic heterocycles. The molecule has 1 aliphatic heterocycles. The minimum Gasteiger partial charge on any atom is -0.493 e. The molecule has 7 heteroatoms. The quantitative estimate of drug-likeness (QED) is 0.647. The Morgan fingerprint density at radius 3 is 2.41 bits per heavy atom. The van der Waals surface area contributed by atoms with Crippen molar-refractivity contribution < 1.29 is 23.8 Å². The summed E-state index contributed by atoms with van der Waals surface area (Å²) in [6.07, 6.45) is 2.55. The highest BCUT2D eigenvalue weighted by atomic mass is 16.5. The van der Waals surface area contributed by atoms with Crippen LogP contribution in [0.1, 0.15) is 35.7 Å². The minimum atomic E-state index is -0.125. The van der Waals surface area contributed by atoms with Crippen molar-refractivity contribution in [2.75, 3.05) is 40.5 Å². The summed E-state index contributed by atoms with van der Waals surface area (Å²) < 4.78 is 16.2. The molecule has 2 aromatic carbocycles. The van der Waals surface area contributed by atoms with Gasteiger partial charge in [-0.05, 0) is 55.0 Å². The van der Waals surface area contributed by atoms with Crippen LogP contribution in [0.25, 0.3) is 0 Å². The SMILES string of the molecule is CCc1ccccc1OCC(=O)NCC1CCN(C(=O)c2ccc(OC)c(OC)c2)CC1. The Kier molecular flexibility index (Phi) is 8.36. The van der Waals surface area contributed by atoms with E-state index in [1.165, 1.54) is 0 Å². The first-order valence-electron chi connectivity index (χ1n) is 11.0. The van der Waals surface area contributed by atoms with Crippen LogP contribution in [0.4, 0.5) is 0 Å². The summed E-state index contributed by atoms with van der Waals surface area (Å²) in [5, 5.41) is 2.97. The zero-order valence-corrected chi connectivity index (χ0v) is 19.1. The van der Waals surface area contributed by atoms with Gasteiger partial charge in [0, 0.05) is 25.2 Å².